The van der Waals surface area contributed by atoms with E-state index in [1.807, 2.05) is 63.2 Å². The van der Waals surface area contributed by atoms with Crippen molar-refractivity contribution in [3.05, 3.63) is 52.9 Å². The van der Waals surface area contributed by atoms with Crippen LogP contribution in [0.4, 0.5) is 0 Å². The van der Waals surface area contributed by atoms with Crippen molar-refractivity contribution >= 4 is 5.91 Å². The van der Waals surface area contributed by atoms with Crippen molar-refractivity contribution in [2.75, 3.05) is 21.1 Å². The van der Waals surface area contributed by atoms with Gasteiger partial charge in [-0.1, -0.05) is 29.4 Å². The second-order valence-electron chi connectivity index (χ2n) is 5.85. The molecule has 22 heavy (non-hydrogen) atoms. The predicted octanol–water partition coefficient (Wildman–Crippen LogP) is 2.55. The highest BCUT2D eigenvalue weighted by Gasteiger charge is 2.27. The van der Waals surface area contributed by atoms with E-state index in [0.29, 0.717) is 12.3 Å². The second kappa shape index (κ2) is 6.75. The van der Waals surface area contributed by atoms with Crippen LogP contribution < -0.4 is 0 Å². The number of aryl methyl sites for hydroxylation is 2. The lowest BCUT2D eigenvalue weighted by molar-refractivity contribution is -0.135. The number of amides is 1. The molecule has 0 N–H and O–H groups in total. The summed E-state index contributed by atoms with van der Waals surface area (Å²) in [7, 11) is 5.62. The average Bonchev–Trinajstić information content (AvgIpc) is 2.86. The second-order valence-corrected chi connectivity index (χ2v) is 5.85. The topological polar surface area (TPSA) is 49.6 Å². The molecule has 2 aromatic rings. The number of rotatable bonds is 5. The molecule has 0 bridgehead atoms. The number of benzene rings is 1. The monoisotopic (exact) mass is 301 g/mol. The van der Waals surface area contributed by atoms with Crippen molar-refractivity contribution in [2.45, 2.75) is 26.4 Å². The Morgan fingerprint density at radius 1 is 1.23 bits per heavy atom. The first-order valence-electron chi connectivity index (χ1n) is 7.29. The minimum absolute atomic E-state index is 0.0355. The normalized spacial score (nSPS) is 12.5. The van der Waals surface area contributed by atoms with Crippen LogP contribution in [-0.2, 0) is 11.3 Å². The minimum atomic E-state index is -0.310. The molecule has 0 saturated heterocycles. The van der Waals surface area contributed by atoms with Crippen LogP contribution in [-0.4, -0.2) is 42.0 Å². The van der Waals surface area contributed by atoms with Crippen LogP contribution in [0.3, 0.4) is 0 Å². The fourth-order valence-electron chi connectivity index (χ4n) is 2.54. The highest BCUT2D eigenvalue weighted by atomic mass is 16.5. The predicted molar refractivity (Wildman–Crippen MR) is 85.3 cm³/mol. The summed E-state index contributed by atoms with van der Waals surface area (Å²) < 4.78 is 5.20. The fraction of sp³-hybridized carbons (Fsp3) is 0.412. The Bertz CT molecular complexity index is 649. The third-order valence-corrected chi connectivity index (χ3v) is 3.68. The maximum absolute atomic E-state index is 12.9. The highest BCUT2D eigenvalue weighted by Crippen LogP contribution is 2.24. The van der Waals surface area contributed by atoms with Gasteiger partial charge < -0.3 is 9.42 Å². The third kappa shape index (κ3) is 3.54. The van der Waals surface area contributed by atoms with Gasteiger partial charge in [-0.25, -0.2) is 0 Å². The molecule has 0 aliphatic heterocycles. The summed E-state index contributed by atoms with van der Waals surface area (Å²) in [6.45, 7) is 4.31. The van der Waals surface area contributed by atoms with Crippen LogP contribution >= 0.6 is 0 Å². The number of carbonyl (C=O) groups is 1. The Morgan fingerprint density at radius 3 is 2.45 bits per heavy atom. The molecular weight excluding hydrogens is 278 g/mol. The first kappa shape index (κ1) is 16.2. The van der Waals surface area contributed by atoms with Crippen LogP contribution in [0.2, 0.25) is 0 Å². The third-order valence-electron chi connectivity index (χ3n) is 3.68. The van der Waals surface area contributed by atoms with Gasteiger partial charge in [0.05, 0.1) is 12.2 Å². The van der Waals surface area contributed by atoms with Gasteiger partial charge in [-0.2, -0.15) is 0 Å². The van der Waals surface area contributed by atoms with Gasteiger partial charge >= 0.3 is 0 Å². The number of hydrogen-bond acceptors (Lipinski definition) is 4. The first-order valence-corrected chi connectivity index (χ1v) is 7.29. The van der Waals surface area contributed by atoms with Gasteiger partial charge in [0, 0.05) is 13.1 Å². The summed E-state index contributed by atoms with van der Waals surface area (Å²) in [5.74, 6) is 0.726. The Labute approximate surface area is 131 Å². The molecule has 0 aliphatic rings. The molecule has 1 heterocycles. The van der Waals surface area contributed by atoms with Gasteiger partial charge in [-0.15, -0.1) is 0 Å². The molecule has 0 saturated carbocycles. The average molecular weight is 301 g/mol. The molecule has 0 aliphatic carbocycles. The molecule has 5 nitrogen and oxygen atoms in total. The zero-order valence-electron chi connectivity index (χ0n) is 13.8. The maximum atomic E-state index is 12.9. The molecule has 0 radical (unpaired) electrons. The van der Waals surface area contributed by atoms with Crippen molar-refractivity contribution in [3.63, 3.8) is 0 Å². The number of hydrogen-bond donors (Lipinski definition) is 0. The van der Waals surface area contributed by atoms with Crippen LogP contribution in [0.5, 0.6) is 0 Å². The Kier molecular flexibility index (Phi) is 4.98. The van der Waals surface area contributed by atoms with E-state index in [1.54, 1.807) is 11.9 Å². The molecule has 5 heteroatoms. The fourth-order valence-corrected chi connectivity index (χ4v) is 2.54. The number of likely N-dealkylation sites (N-methyl/N-ethyl adjacent to an activating group) is 2. The summed E-state index contributed by atoms with van der Waals surface area (Å²) in [4.78, 5) is 16.5. The molecule has 1 aromatic carbocycles. The van der Waals surface area contributed by atoms with Gasteiger partial charge in [0.2, 0.25) is 5.91 Å². The van der Waals surface area contributed by atoms with Crippen molar-refractivity contribution in [3.8, 4) is 0 Å². The van der Waals surface area contributed by atoms with Crippen molar-refractivity contribution in [1.82, 2.24) is 15.0 Å². The van der Waals surface area contributed by atoms with Crippen LogP contribution in [0.25, 0.3) is 0 Å². The summed E-state index contributed by atoms with van der Waals surface area (Å²) >= 11 is 0. The van der Waals surface area contributed by atoms with Crippen molar-refractivity contribution < 1.29 is 9.32 Å². The lowest BCUT2D eigenvalue weighted by Crippen LogP contribution is -2.38. The number of aromatic nitrogens is 1. The Balaban J connectivity index is 2.21. The van der Waals surface area contributed by atoms with E-state index >= 15 is 0 Å². The Morgan fingerprint density at radius 2 is 1.91 bits per heavy atom. The van der Waals surface area contributed by atoms with E-state index < -0.39 is 0 Å². The molecule has 1 amide bonds. The molecule has 0 spiro atoms. The molecule has 2 rings (SSSR count). The first-order chi connectivity index (χ1) is 10.4. The van der Waals surface area contributed by atoms with E-state index in [-0.39, 0.29) is 11.9 Å². The van der Waals surface area contributed by atoms with Gasteiger partial charge in [-0.05, 0) is 39.1 Å². The van der Waals surface area contributed by atoms with Gasteiger partial charge in [0.25, 0.3) is 0 Å². The SMILES string of the molecule is Cc1cc(CN(C)C(=O)[C@@H](c2ccccc2C)N(C)C)on1. The largest absolute Gasteiger partial charge is 0.359 e. The lowest BCUT2D eigenvalue weighted by atomic mass is 9.99. The summed E-state index contributed by atoms with van der Waals surface area (Å²) in [6, 6.07) is 9.52. The minimum Gasteiger partial charge on any atom is -0.359 e. The lowest BCUT2D eigenvalue weighted by Gasteiger charge is -2.29. The zero-order chi connectivity index (χ0) is 16.3. The van der Waals surface area contributed by atoms with E-state index in [4.69, 9.17) is 4.52 Å². The van der Waals surface area contributed by atoms with Crippen molar-refractivity contribution in [2.24, 2.45) is 0 Å². The summed E-state index contributed by atoms with van der Waals surface area (Å²) in [5.41, 5.74) is 2.95. The van der Waals surface area contributed by atoms with E-state index in [2.05, 4.69) is 5.16 Å². The molecule has 0 unspecified atom stereocenters. The van der Waals surface area contributed by atoms with Crippen LogP contribution in [0, 0.1) is 13.8 Å². The molecule has 1 atom stereocenters. The van der Waals surface area contributed by atoms with Crippen molar-refractivity contribution in [1.29, 1.82) is 0 Å². The van der Waals surface area contributed by atoms with Crippen LogP contribution in [0.1, 0.15) is 28.6 Å². The summed E-state index contributed by atoms with van der Waals surface area (Å²) in [6.07, 6.45) is 0. The summed E-state index contributed by atoms with van der Waals surface area (Å²) in [5, 5.41) is 3.86. The number of carbonyl (C=O) groups excluding carboxylic acids is 1. The maximum Gasteiger partial charge on any atom is 0.244 e. The quantitative estimate of drug-likeness (QED) is 0.851. The smallest absolute Gasteiger partial charge is 0.244 e. The van der Waals surface area contributed by atoms with E-state index in [9.17, 15) is 4.79 Å². The zero-order valence-corrected chi connectivity index (χ0v) is 13.8. The molecular formula is C17H23N3O2. The van der Waals surface area contributed by atoms with Gasteiger partial charge in [0.15, 0.2) is 5.76 Å². The molecule has 0 fully saturated rings. The van der Waals surface area contributed by atoms with E-state index in [1.165, 1.54) is 0 Å². The van der Waals surface area contributed by atoms with E-state index in [0.717, 1.165) is 16.8 Å². The van der Waals surface area contributed by atoms with Gasteiger partial charge in [0.1, 0.15) is 6.04 Å². The Hall–Kier alpha value is -2.14. The van der Waals surface area contributed by atoms with Gasteiger partial charge in [-0.3, -0.25) is 9.69 Å². The molecule has 1 aromatic heterocycles. The van der Waals surface area contributed by atoms with Crippen LogP contribution in [0.15, 0.2) is 34.9 Å². The highest BCUT2D eigenvalue weighted by molar-refractivity contribution is 5.83. The molecule has 118 valence electrons. The number of nitrogens with zero attached hydrogens (tertiary/aromatic N) is 3. The standard InChI is InChI=1S/C17H23N3O2/c1-12-8-6-7-9-15(12)16(19(3)4)17(21)20(5)11-14-10-13(2)18-22-14/h6-10,16H,11H2,1-5H3/t16-/m1/s1.